The number of nitrogens with one attached hydrogen (secondary N) is 2. The third-order valence-corrected chi connectivity index (χ3v) is 3.69. The zero-order valence-electron chi connectivity index (χ0n) is 12.3. The van der Waals surface area contributed by atoms with Gasteiger partial charge in [0.05, 0.1) is 18.2 Å². The fourth-order valence-corrected chi connectivity index (χ4v) is 2.45. The second-order valence-corrected chi connectivity index (χ2v) is 5.93. The van der Waals surface area contributed by atoms with E-state index in [9.17, 15) is 9.18 Å². The largest absolute Gasteiger partial charge is 0.494 e. The third kappa shape index (κ3) is 5.69. The number of hydrogen-bond acceptors (Lipinski definition) is 4. The van der Waals surface area contributed by atoms with Crippen molar-refractivity contribution >= 4 is 17.4 Å². The molecule has 1 heterocycles. The summed E-state index contributed by atoms with van der Waals surface area (Å²) in [6.45, 7) is 3.37. The van der Waals surface area contributed by atoms with E-state index in [1.165, 1.54) is 12.1 Å². The summed E-state index contributed by atoms with van der Waals surface area (Å²) < 4.78 is 18.1. The molecule has 0 saturated carbocycles. The van der Waals surface area contributed by atoms with Crippen molar-refractivity contribution in [1.29, 1.82) is 0 Å². The second-order valence-electron chi connectivity index (χ2n) is 4.61. The van der Waals surface area contributed by atoms with Crippen molar-refractivity contribution in [3.8, 4) is 5.75 Å². The summed E-state index contributed by atoms with van der Waals surface area (Å²) in [5, 5.41) is 6.50. The average molecular weight is 323 g/mol. The van der Waals surface area contributed by atoms with Crippen LogP contribution in [0, 0.1) is 12.7 Å². The lowest BCUT2D eigenvalue weighted by atomic mass is 10.3. The molecule has 0 atom stereocenters. The van der Waals surface area contributed by atoms with Crippen LogP contribution in [-0.4, -0.2) is 24.2 Å². The van der Waals surface area contributed by atoms with Crippen molar-refractivity contribution in [2.75, 3.05) is 13.2 Å². The molecule has 0 radical (unpaired) electrons. The van der Waals surface area contributed by atoms with Crippen LogP contribution < -0.4 is 15.4 Å². The molecule has 2 amide bonds. The molecule has 0 aliphatic heterocycles. The van der Waals surface area contributed by atoms with Crippen LogP contribution >= 0.6 is 11.3 Å². The van der Waals surface area contributed by atoms with Gasteiger partial charge in [0.1, 0.15) is 11.6 Å². The third-order valence-electron chi connectivity index (χ3n) is 2.78. The molecule has 2 rings (SSSR count). The summed E-state index contributed by atoms with van der Waals surface area (Å²) in [7, 11) is 0. The lowest BCUT2D eigenvalue weighted by Crippen LogP contribution is -2.35. The van der Waals surface area contributed by atoms with E-state index >= 15 is 0 Å². The number of carbonyl (C=O) groups is 1. The predicted molar refractivity (Wildman–Crippen MR) is 83.6 cm³/mol. The SMILES string of the molecule is Cc1ncc(CNC(=O)NCCCOc2ccc(F)cc2)s1. The fourth-order valence-electron chi connectivity index (χ4n) is 1.71. The highest BCUT2D eigenvalue weighted by molar-refractivity contribution is 7.11. The number of benzene rings is 1. The minimum absolute atomic E-state index is 0.215. The van der Waals surface area contributed by atoms with E-state index in [0.717, 1.165) is 9.88 Å². The van der Waals surface area contributed by atoms with Crippen molar-refractivity contribution < 1.29 is 13.9 Å². The van der Waals surface area contributed by atoms with Crippen LogP contribution in [0.2, 0.25) is 0 Å². The first-order valence-corrected chi connectivity index (χ1v) is 7.76. The molecule has 1 aromatic heterocycles. The van der Waals surface area contributed by atoms with E-state index < -0.39 is 0 Å². The summed E-state index contributed by atoms with van der Waals surface area (Å²) in [5.74, 6) is 0.327. The van der Waals surface area contributed by atoms with Gasteiger partial charge in [-0.15, -0.1) is 11.3 Å². The summed E-state index contributed by atoms with van der Waals surface area (Å²) in [6.07, 6.45) is 2.43. The van der Waals surface area contributed by atoms with E-state index in [1.54, 1.807) is 29.7 Å². The van der Waals surface area contributed by atoms with E-state index in [-0.39, 0.29) is 11.8 Å². The number of amides is 2. The maximum Gasteiger partial charge on any atom is 0.315 e. The van der Waals surface area contributed by atoms with Gasteiger partial charge in [-0.25, -0.2) is 14.2 Å². The van der Waals surface area contributed by atoms with Gasteiger partial charge in [0.15, 0.2) is 0 Å². The minimum atomic E-state index is -0.290. The number of aryl methyl sites for hydroxylation is 1. The van der Waals surface area contributed by atoms with E-state index in [1.807, 2.05) is 6.92 Å². The van der Waals surface area contributed by atoms with Gasteiger partial charge in [0, 0.05) is 17.6 Å². The highest BCUT2D eigenvalue weighted by atomic mass is 32.1. The van der Waals surface area contributed by atoms with Crippen molar-refractivity contribution in [1.82, 2.24) is 15.6 Å². The molecular formula is C15H18FN3O2S. The van der Waals surface area contributed by atoms with Crippen LogP contribution in [-0.2, 0) is 6.54 Å². The molecule has 7 heteroatoms. The van der Waals surface area contributed by atoms with Gasteiger partial charge in [-0.2, -0.15) is 0 Å². The quantitative estimate of drug-likeness (QED) is 0.770. The Bertz CT molecular complexity index is 601. The van der Waals surface area contributed by atoms with Gasteiger partial charge >= 0.3 is 6.03 Å². The summed E-state index contributed by atoms with van der Waals surface area (Å²) in [5.41, 5.74) is 0. The van der Waals surface area contributed by atoms with Gasteiger partial charge in [-0.1, -0.05) is 0 Å². The smallest absolute Gasteiger partial charge is 0.315 e. The molecule has 0 fully saturated rings. The Kier molecular flexibility index (Phi) is 6.14. The molecule has 0 saturated heterocycles. The van der Waals surface area contributed by atoms with Crippen molar-refractivity contribution in [3.05, 3.63) is 46.2 Å². The van der Waals surface area contributed by atoms with Crippen molar-refractivity contribution in [2.45, 2.75) is 19.9 Å². The first kappa shape index (κ1) is 16.2. The Morgan fingerprint density at radius 3 is 2.77 bits per heavy atom. The summed E-state index contributed by atoms with van der Waals surface area (Å²) in [4.78, 5) is 16.7. The van der Waals surface area contributed by atoms with Crippen LogP contribution in [0.25, 0.3) is 0 Å². The summed E-state index contributed by atoms with van der Waals surface area (Å²) >= 11 is 1.56. The van der Waals surface area contributed by atoms with Crippen LogP contribution in [0.4, 0.5) is 9.18 Å². The second kappa shape index (κ2) is 8.33. The molecule has 0 unspecified atom stereocenters. The molecule has 0 aliphatic rings. The molecule has 118 valence electrons. The van der Waals surface area contributed by atoms with Gasteiger partial charge in [0.25, 0.3) is 0 Å². The lowest BCUT2D eigenvalue weighted by molar-refractivity contribution is 0.239. The normalized spacial score (nSPS) is 10.3. The number of nitrogens with zero attached hydrogens (tertiary/aromatic N) is 1. The first-order chi connectivity index (χ1) is 10.6. The Labute approximate surface area is 132 Å². The number of hydrogen-bond donors (Lipinski definition) is 2. The highest BCUT2D eigenvalue weighted by Gasteiger charge is 2.02. The molecular weight excluding hydrogens is 305 g/mol. The number of thiazole rings is 1. The Morgan fingerprint density at radius 2 is 2.09 bits per heavy atom. The average Bonchev–Trinajstić information content (AvgIpc) is 2.92. The molecule has 2 aromatic rings. The number of urea groups is 1. The standard InChI is InChI=1S/C15H18FN3O2S/c1-11-18-9-14(22-11)10-19-15(20)17-7-2-8-21-13-5-3-12(16)4-6-13/h3-6,9H,2,7-8,10H2,1H3,(H2,17,19,20). The zero-order chi connectivity index (χ0) is 15.8. The number of ether oxygens (including phenoxy) is 1. The molecule has 5 nitrogen and oxygen atoms in total. The van der Waals surface area contributed by atoms with Crippen LogP contribution in [0.3, 0.4) is 0 Å². The molecule has 1 aromatic carbocycles. The minimum Gasteiger partial charge on any atom is -0.494 e. The predicted octanol–water partition coefficient (Wildman–Crippen LogP) is 2.86. The Balaban J connectivity index is 1.54. The number of halogens is 1. The van der Waals surface area contributed by atoms with E-state index in [2.05, 4.69) is 15.6 Å². The molecule has 2 N–H and O–H groups in total. The van der Waals surface area contributed by atoms with Crippen molar-refractivity contribution in [2.24, 2.45) is 0 Å². The van der Waals surface area contributed by atoms with E-state index in [4.69, 9.17) is 4.74 Å². The topological polar surface area (TPSA) is 63.2 Å². The van der Waals surface area contributed by atoms with Crippen LogP contribution in [0.1, 0.15) is 16.3 Å². The number of rotatable bonds is 7. The van der Waals surface area contributed by atoms with Crippen LogP contribution in [0.5, 0.6) is 5.75 Å². The number of aromatic nitrogens is 1. The van der Waals surface area contributed by atoms with Gasteiger partial charge < -0.3 is 15.4 Å². The molecule has 0 bridgehead atoms. The summed E-state index contributed by atoms with van der Waals surface area (Å²) in [6, 6.07) is 5.64. The van der Waals surface area contributed by atoms with Crippen LogP contribution in [0.15, 0.2) is 30.5 Å². The first-order valence-electron chi connectivity index (χ1n) is 6.95. The lowest BCUT2D eigenvalue weighted by Gasteiger charge is -2.08. The molecule has 22 heavy (non-hydrogen) atoms. The Hall–Kier alpha value is -2.15. The zero-order valence-corrected chi connectivity index (χ0v) is 13.1. The number of carbonyl (C=O) groups excluding carboxylic acids is 1. The maximum atomic E-state index is 12.7. The Morgan fingerprint density at radius 1 is 1.32 bits per heavy atom. The highest BCUT2D eigenvalue weighted by Crippen LogP contribution is 2.11. The molecule has 0 spiro atoms. The molecule has 0 aliphatic carbocycles. The van der Waals surface area contributed by atoms with Crippen molar-refractivity contribution in [3.63, 3.8) is 0 Å². The van der Waals surface area contributed by atoms with Gasteiger partial charge in [0.2, 0.25) is 0 Å². The fraction of sp³-hybridized carbons (Fsp3) is 0.333. The van der Waals surface area contributed by atoms with Gasteiger partial charge in [-0.3, -0.25) is 0 Å². The van der Waals surface area contributed by atoms with E-state index in [0.29, 0.717) is 31.9 Å². The van der Waals surface area contributed by atoms with Gasteiger partial charge in [-0.05, 0) is 37.6 Å². The monoisotopic (exact) mass is 323 g/mol. The maximum absolute atomic E-state index is 12.7.